The highest BCUT2D eigenvalue weighted by Gasteiger charge is 2.13. The number of carbonyl (C=O) groups excluding carboxylic acids is 1. The van der Waals surface area contributed by atoms with Gasteiger partial charge in [0.1, 0.15) is 17.4 Å². The number of amides is 1. The predicted octanol–water partition coefficient (Wildman–Crippen LogP) is 2.59. The van der Waals surface area contributed by atoms with Crippen LogP contribution in [0.4, 0.5) is 5.13 Å². The van der Waals surface area contributed by atoms with E-state index < -0.39 is 0 Å². The van der Waals surface area contributed by atoms with Crippen LogP contribution in [0.3, 0.4) is 0 Å². The molecule has 0 saturated carbocycles. The third kappa shape index (κ3) is 4.79. The minimum atomic E-state index is -0.161. The van der Waals surface area contributed by atoms with Crippen molar-refractivity contribution in [3.63, 3.8) is 0 Å². The third-order valence-electron chi connectivity index (χ3n) is 3.42. The summed E-state index contributed by atoms with van der Waals surface area (Å²) in [7, 11) is 1.85. The number of hydrogen-bond donors (Lipinski definition) is 1. The van der Waals surface area contributed by atoms with Gasteiger partial charge >= 0.3 is 0 Å². The smallest absolute Gasteiger partial charge is 0.236 e. The number of ether oxygens (including phenoxy) is 1. The van der Waals surface area contributed by atoms with Crippen LogP contribution in [0, 0.1) is 13.8 Å². The lowest BCUT2D eigenvalue weighted by Gasteiger charge is -2.06. The summed E-state index contributed by atoms with van der Waals surface area (Å²) in [6.45, 7) is 4.17. The number of thioether (sulfide) groups is 1. The molecule has 1 N–H and O–H groups in total. The molecule has 1 amide bonds. The summed E-state index contributed by atoms with van der Waals surface area (Å²) >= 11 is 2.64. The Labute approximate surface area is 159 Å². The van der Waals surface area contributed by atoms with Gasteiger partial charge in [-0.25, -0.2) is 0 Å². The molecule has 8 nitrogen and oxygen atoms in total. The Bertz CT molecular complexity index is 891. The number of hydrogen-bond acceptors (Lipinski definition) is 8. The molecule has 0 atom stereocenters. The van der Waals surface area contributed by atoms with Gasteiger partial charge < -0.3 is 9.30 Å². The topological polar surface area (TPSA) is 94.8 Å². The van der Waals surface area contributed by atoms with Gasteiger partial charge in [0.25, 0.3) is 0 Å². The summed E-state index contributed by atoms with van der Waals surface area (Å²) in [5, 5.41) is 20.6. The Morgan fingerprint density at radius 1 is 1.19 bits per heavy atom. The van der Waals surface area contributed by atoms with E-state index in [-0.39, 0.29) is 11.7 Å². The second kappa shape index (κ2) is 8.28. The summed E-state index contributed by atoms with van der Waals surface area (Å²) in [6, 6.07) is 7.82. The summed E-state index contributed by atoms with van der Waals surface area (Å²) in [4.78, 5) is 12.0. The van der Waals surface area contributed by atoms with Crippen LogP contribution in [0.15, 0.2) is 29.4 Å². The van der Waals surface area contributed by atoms with Crippen molar-refractivity contribution in [1.82, 2.24) is 25.0 Å². The molecule has 0 saturated heterocycles. The van der Waals surface area contributed by atoms with Gasteiger partial charge in [0.2, 0.25) is 11.0 Å². The Balaban J connectivity index is 1.51. The molecule has 0 spiro atoms. The zero-order valence-electron chi connectivity index (χ0n) is 14.6. The zero-order chi connectivity index (χ0) is 18.5. The molecule has 0 aliphatic carbocycles. The van der Waals surface area contributed by atoms with Crippen molar-refractivity contribution in [2.45, 2.75) is 25.6 Å². The Morgan fingerprint density at radius 3 is 2.65 bits per heavy atom. The van der Waals surface area contributed by atoms with Gasteiger partial charge in [0, 0.05) is 7.05 Å². The molecule has 0 radical (unpaired) electrons. The number of anilines is 1. The van der Waals surface area contributed by atoms with Crippen molar-refractivity contribution in [2.75, 3.05) is 11.1 Å². The molecule has 0 bridgehead atoms. The molecule has 10 heteroatoms. The average molecular weight is 390 g/mol. The fourth-order valence-electron chi connectivity index (χ4n) is 2.01. The van der Waals surface area contributed by atoms with Gasteiger partial charge in [-0.2, -0.15) is 0 Å². The van der Waals surface area contributed by atoms with Crippen molar-refractivity contribution in [3.05, 3.63) is 40.7 Å². The monoisotopic (exact) mass is 390 g/mol. The largest absolute Gasteiger partial charge is 0.486 e. The van der Waals surface area contributed by atoms with E-state index in [0.29, 0.717) is 22.7 Å². The maximum absolute atomic E-state index is 12.0. The number of nitrogens with one attached hydrogen (secondary N) is 1. The maximum Gasteiger partial charge on any atom is 0.236 e. The number of aryl methyl sites for hydroxylation is 2. The van der Waals surface area contributed by atoms with Crippen molar-refractivity contribution in [3.8, 4) is 5.75 Å². The van der Waals surface area contributed by atoms with Gasteiger partial charge in [-0.05, 0) is 26.0 Å². The normalized spacial score (nSPS) is 10.7. The van der Waals surface area contributed by atoms with Crippen LogP contribution in [0.5, 0.6) is 5.75 Å². The van der Waals surface area contributed by atoms with Gasteiger partial charge in [0.15, 0.2) is 11.0 Å². The van der Waals surface area contributed by atoms with E-state index >= 15 is 0 Å². The van der Waals surface area contributed by atoms with Crippen LogP contribution in [-0.4, -0.2) is 36.6 Å². The minimum absolute atomic E-state index is 0.161. The van der Waals surface area contributed by atoms with Gasteiger partial charge in [-0.3, -0.25) is 10.1 Å². The first-order valence-electron chi connectivity index (χ1n) is 7.82. The third-order valence-corrected chi connectivity index (χ3v) is 5.19. The van der Waals surface area contributed by atoms with E-state index in [9.17, 15) is 4.79 Å². The molecule has 0 aliphatic rings. The van der Waals surface area contributed by atoms with Crippen LogP contribution >= 0.6 is 23.1 Å². The molecule has 136 valence electrons. The quantitative estimate of drug-likeness (QED) is 0.620. The van der Waals surface area contributed by atoms with Crippen molar-refractivity contribution in [1.29, 1.82) is 0 Å². The number of benzene rings is 1. The van der Waals surface area contributed by atoms with Gasteiger partial charge in [-0.1, -0.05) is 40.8 Å². The first kappa shape index (κ1) is 18.3. The molecule has 26 heavy (non-hydrogen) atoms. The molecule has 2 aromatic heterocycles. The second-order valence-electron chi connectivity index (χ2n) is 5.52. The van der Waals surface area contributed by atoms with E-state index in [1.165, 1.54) is 28.7 Å². The minimum Gasteiger partial charge on any atom is -0.486 e. The van der Waals surface area contributed by atoms with Crippen LogP contribution in [0.25, 0.3) is 0 Å². The molecular weight excluding hydrogens is 372 g/mol. The van der Waals surface area contributed by atoms with E-state index in [2.05, 4.69) is 25.7 Å². The van der Waals surface area contributed by atoms with Crippen LogP contribution < -0.4 is 10.1 Å². The van der Waals surface area contributed by atoms with Crippen molar-refractivity contribution >= 4 is 34.1 Å². The Morgan fingerprint density at radius 2 is 1.96 bits per heavy atom. The fourth-order valence-corrected chi connectivity index (χ4v) is 3.35. The molecule has 0 fully saturated rings. The number of aromatic nitrogens is 5. The zero-order valence-corrected chi connectivity index (χ0v) is 16.2. The average Bonchev–Trinajstić information content (AvgIpc) is 3.18. The molecular formula is C16H18N6O2S2. The summed E-state index contributed by atoms with van der Waals surface area (Å²) in [6.07, 6.45) is 0. The SMILES string of the molecule is Cc1ccc(OCc2nnc(SCC(=O)Nc3nnc(C)s3)n2C)cc1. The first-order valence-corrected chi connectivity index (χ1v) is 9.62. The Hall–Kier alpha value is -2.46. The molecule has 0 unspecified atom stereocenters. The molecule has 2 heterocycles. The van der Waals surface area contributed by atoms with Gasteiger partial charge in [-0.15, -0.1) is 20.4 Å². The highest BCUT2D eigenvalue weighted by atomic mass is 32.2. The second-order valence-corrected chi connectivity index (χ2v) is 7.65. The van der Waals surface area contributed by atoms with Gasteiger partial charge in [0.05, 0.1) is 5.75 Å². The molecule has 0 aliphatic heterocycles. The van der Waals surface area contributed by atoms with E-state index in [1.807, 2.05) is 49.7 Å². The fraction of sp³-hybridized carbons (Fsp3) is 0.312. The summed E-state index contributed by atoms with van der Waals surface area (Å²) in [5.41, 5.74) is 1.18. The highest BCUT2D eigenvalue weighted by molar-refractivity contribution is 7.99. The lowest BCUT2D eigenvalue weighted by atomic mass is 10.2. The van der Waals surface area contributed by atoms with Crippen molar-refractivity contribution < 1.29 is 9.53 Å². The highest BCUT2D eigenvalue weighted by Crippen LogP contribution is 2.19. The lowest BCUT2D eigenvalue weighted by molar-refractivity contribution is -0.113. The summed E-state index contributed by atoms with van der Waals surface area (Å²) < 4.78 is 7.54. The Kier molecular flexibility index (Phi) is 5.84. The maximum atomic E-state index is 12.0. The van der Waals surface area contributed by atoms with Crippen LogP contribution in [-0.2, 0) is 18.4 Å². The van der Waals surface area contributed by atoms with Crippen molar-refractivity contribution in [2.24, 2.45) is 7.05 Å². The number of nitrogens with zero attached hydrogens (tertiary/aromatic N) is 5. The van der Waals surface area contributed by atoms with Crippen LogP contribution in [0.1, 0.15) is 16.4 Å². The standard InChI is InChI=1S/C16H18N6O2S2/c1-10-4-6-12(7-5-10)24-8-13-19-21-16(22(13)3)25-9-14(23)17-15-20-18-11(2)26-15/h4-7H,8-9H2,1-3H3,(H,17,20,23). The molecule has 1 aromatic carbocycles. The van der Waals surface area contributed by atoms with Crippen LogP contribution in [0.2, 0.25) is 0 Å². The van der Waals surface area contributed by atoms with E-state index in [1.54, 1.807) is 0 Å². The number of carbonyl (C=O) groups is 1. The van der Waals surface area contributed by atoms with E-state index in [0.717, 1.165) is 10.8 Å². The molecule has 3 rings (SSSR count). The molecule has 3 aromatic rings. The predicted molar refractivity (Wildman–Crippen MR) is 101 cm³/mol. The number of rotatable bonds is 7. The van der Waals surface area contributed by atoms with E-state index in [4.69, 9.17) is 4.74 Å². The first-order chi connectivity index (χ1) is 12.5. The summed E-state index contributed by atoms with van der Waals surface area (Å²) in [5.74, 6) is 1.52. The lowest BCUT2D eigenvalue weighted by Crippen LogP contribution is -2.14.